The number of alkyl halides is 1. The molecular formula is C10H10BrNS. The second-order valence-electron chi connectivity index (χ2n) is 3.05. The SMILES string of the molecule is Cc1c(CBr)ccc2scc(N)c12. The summed E-state index contributed by atoms with van der Waals surface area (Å²) in [5, 5.41) is 4.13. The van der Waals surface area contributed by atoms with Gasteiger partial charge in [0.25, 0.3) is 0 Å². The number of rotatable bonds is 1. The van der Waals surface area contributed by atoms with Crippen molar-refractivity contribution in [2.24, 2.45) is 0 Å². The summed E-state index contributed by atoms with van der Waals surface area (Å²) in [4.78, 5) is 0. The van der Waals surface area contributed by atoms with Crippen molar-refractivity contribution >= 4 is 43.0 Å². The molecule has 1 aromatic heterocycles. The molecule has 0 spiro atoms. The van der Waals surface area contributed by atoms with Crippen LogP contribution in [0, 0.1) is 6.92 Å². The van der Waals surface area contributed by atoms with Gasteiger partial charge in [0.2, 0.25) is 0 Å². The van der Waals surface area contributed by atoms with E-state index in [0.717, 1.165) is 11.0 Å². The molecule has 0 unspecified atom stereocenters. The van der Waals surface area contributed by atoms with E-state index in [9.17, 15) is 0 Å². The van der Waals surface area contributed by atoms with E-state index in [-0.39, 0.29) is 0 Å². The van der Waals surface area contributed by atoms with Crippen molar-refractivity contribution in [2.75, 3.05) is 5.73 Å². The summed E-state index contributed by atoms with van der Waals surface area (Å²) in [6, 6.07) is 4.29. The fourth-order valence-electron chi connectivity index (χ4n) is 1.52. The first-order valence-electron chi connectivity index (χ1n) is 4.05. The average Bonchev–Trinajstić information content (AvgIpc) is 2.49. The number of fused-ring (bicyclic) bond motifs is 1. The topological polar surface area (TPSA) is 26.0 Å². The van der Waals surface area contributed by atoms with Crippen LogP contribution in [0.4, 0.5) is 5.69 Å². The Morgan fingerprint density at radius 3 is 2.92 bits per heavy atom. The van der Waals surface area contributed by atoms with E-state index in [4.69, 9.17) is 5.73 Å². The van der Waals surface area contributed by atoms with Crippen LogP contribution in [0.1, 0.15) is 11.1 Å². The lowest BCUT2D eigenvalue weighted by Crippen LogP contribution is -1.88. The predicted octanol–water partition coefficient (Wildman–Crippen LogP) is 3.69. The summed E-state index contributed by atoms with van der Waals surface area (Å²) in [6.07, 6.45) is 0. The van der Waals surface area contributed by atoms with Gasteiger partial charge in [-0.05, 0) is 24.1 Å². The monoisotopic (exact) mass is 255 g/mol. The Balaban J connectivity index is 2.83. The molecule has 3 heteroatoms. The Hall–Kier alpha value is -0.540. The molecule has 0 atom stereocenters. The number of nitrogen functional groups attached to an aromatic ring is 1. The number of hydrogen-bond donors (Lipinski definition) is 1. The summed E-state index contributed by atoms with van der Waals surface area (Å²) in [5.41, 5.74) is 9.42. The second kappa shape index (κ2) is 3.31. The van der Waals surface area contributed by atoms with Crippen molar-refractivity contribution in [2.45, 2.75) is 12.3 Å². The molecule has 0 fully saturated rings. The third-order valence-corrected chi connectivity index (χ3v) is 3.85. The molecule has 0 radical (unpaired) electrons. The minimum Gasteiger partial charge on any atom is -0.398 e. The molecule has 0 saturated carbocycles. The Labute approximate surface area is 89.7 Å². The van der Waals surface area contributed by atoms with Crippen LogP contribution < -0.4 is 5.73 Å². The molecule has 0 saturated heterocycles. The van der Waals surface area contributed by atoms with Gasteiger partial charge in [-0.2, -0.15) is 0 Å². The number of halogens is 1. The van der Waals surface area contributed by atoms with Crippen molar-refractivity contribution in [1.82, 2.24) is 0 Å². The highest BCUT2D eigenvalue weighted by Gasteiger charge is 2.06. The van der Waals surface area contributed by atoms with Crippen LogP contribution in [0.25, 0.3) is 10.1 Å². The van der Waals surface area contributed by atoms with Crippen molar-refractivity contribution < 1.29 is 0 Å². The normalized spacial score (nSPS) is 10.9. The van der Waals surface area contributed by atoms with Crippen LogP contribution in [0.2, 0.25) is 0 Å². The zero-order chi connectivity index (χ0) is 9.42. The zero-order valence-electron chi connectivity index (χ0n) is 7.30. The molecule has 0 aliphatic heterocycles. The Morgan fingerprint density at radius 2 is 2.23 bits per heavy atom. The molecule has 1 heterocycles. The fraction of sp³-hybridized carbons (Fsp3) is 0.200. The van der Waals surface area contributed by atoms with E-state index in [1.165, 1.54) is 21.2 Å². The molecule has 2 aromatic rings. The first-order valence-corrected chi connectivity index (χ1v) is 6.05. The lowest BCUT2D eigenvalue weighted by molar-refractivity contribution is 1.36. The maximum absolute atomic E-state index is 5.90. The van der Waals surface area contributed by atoms with E-state index < -0.39 is 0 Å². The molecule has 2 rings (SSSR count). The first-order chi connectivity index (χ1) is 6.24. The van der Waals surface area contributed by atoms with Crippen molar-refractivity contribution in [3.63, 3.8) is 0 Å². The quantitative estimate of drug-likeness (QED) is 0.774. The smallest absolute Gasteiger partial charge is 0.0505 e. The van der Waals surface area contributed by atoms with Crippen LogP contribution in [0.15, 0.2) is 17.5 Å². The van der Waals surface area contributed by atoms with E-state index in [2.05, 4.69) is 35.0 Å². The van der Waals surface area contributed by atoms with Gasteiger partial charge in [0.15, 0.2) is 0 Å². The molecule has 1 nitrogen and oxygen atoms in total. The van der Waals surface area contributed by atoms with Gasteiger partial charge in [-0.1, -0.05) is 22.0 Å². The Kier molecular flexibility index (Phi) is 2.30. The highest BCUT2D eigenvalue weighted by atomic mass is 79.9. The molecule has 68 valence electrons. The maximum Gasteiger partial charge on any atom is 0.0505 e. The lowest BCUT2D eigenvalue weighted by Gasteiger charge is -2.03. The Bertz CT molecular complexity index is 447. The van der Waals surface area contributed by atoms with Gasteiger partial charge in [-0.15, -0.1) is 11.3 Å². The zero-order valence-corrected chi connectivity index (χ0v) is 9.71. The summed E-state index contributed by atoms with van der Waals surface area (Å²) in [6.45, 7) is 2.13. The van der Waals surface area contributed by atoms with Crippen LogP contribution in [0.5, 0.6) is 0 Å². The number of hydrogen-bond acceptors (Lipinski definition) is 2. The van der Waals surface area contributed by atoms with Crippen molar-refractivity contribution in [3.05, 3.63) is 28.6 Å². The summed E-state index contributed by atoms with van der Waals surface area (Å²) in [7, 11) is 0. The highest BCUT2D eigenvalue weighted by Crippen LogP contribution is 2.32. The van der Waals surface area contributed by atoms with Gasteiger partial charge in [0, 0.05) is 20.8 Å². The minimum absolute atomic E-state index is 0.893. The molecule has 13 heavy (non-hydrogen) atoms. The van der Waals surface area contributed by atoms with E-state index in [1.807, 2.05) is 5.38 Å². The highest BCUT2D eigenvalue weighted by molar-refractivity contribution is 9.08. The van der Waals surface area contributed by atoms with Crippen LogP contribution in [0.3, 0.4) is 0 Å². The lowest BCUT2D eigenvalue weighted by atomic mass is 10.1. The van der Waals surface area contributed by atoms with Gasteiger partial charge in [0.05, 0.1) is 5.69 Å². The number of thiophene rings is 1. The van der Waals surface area contributed by atoms with Gasteiger partial charge in [-0.3, -0.25) is 0 Å². The predicted molar refractivity (Wildman–Crippen MR) is 63.6 cm³/mol. The van der Waals surface area contributed by atoms with E-state index in [0.29, 0.717) is 0 Å². The molecular weight excluding hydrogens is 246 g/mol. The van der Waals surface area contributed by atoms with Gasteiger partial charge < -0.3 is 5.73 Å². The van der Waals surface area contributed by atoms with Gasteiger partial charge >= 0.3 is 0 Å². The second-order valence-corrected chi connectivity index (χ2v) is 4.52. The first kappa shape index (κ1) is 9.03. The number of aryl methyl sites for hydroxylation is 1. The fourth-order valence-corrected chi connectivity index (χ4v) is 3.03. The standard InChI is InChI=1S/C10H10BrNS/c1-6-7(4-11)2-3-9-10(6)8(12)5-13-9/h2-3,5H,4,12H2,1H3. The van der Waals surface area contributed by atoms with Gasteiger partial charge in [0.1, 0.15) is 0 Å². The molecule has 0 aliphatic rings. The molecule has 0 aliphatic carbocycles. The average molecular weight is 256 g/mol. The number of anilines is 1. The number of benzene rings is 1. The summed E-state index contributed by atoms with van der Waals surface area (Å²) >= 11 is 5.18. The third-order valence-electron chi connectivity index (χ3n) is 2.28. The van der Waals surface area contributed by atoms with Crippen molar-refractivity contribution in [1.29, 1.82) is 0 Å². The Morgan fingerprint density at radius 1 is 1.46 bits per heavy atom. The van der Waals surface area contributed by atoms with E-state index >= 15 is 0 Å². The van der Waals surface area contributed by atoms with Crippen LogP contribution >= 0.6 is 27.3 Å². The molecule has 0 bridgehead atoms. The van der Waals surface area contributed by atoms with Crippen molar-refractivity contribution in [3.8, 4) is 0 Å². The largest absolute Gasteiger partial charge is 0.398 e. The van der Waals surface area contributed by atoms with E-state index in [1.54, 1.807) is 11.3 Å². The summed E-state index contributed by atoms with van der Waals surface area (Å²) < 4.78 is 1.28. The summed E-state index contributed by atoms with van der Waals surface area (Å²) in [5.74, 6) is 0. The maximum atomic E-state index is 5.90. The van der Waals surface area contributed by atoms with Crippen LogP contribution in [-0.2, 0) is 5.33 Å². The van der Waals surface area contributed by atoms with Crippen LogP contribution in [-0.4, -0.2) is 0 Å². The van der Waals surface area contributed by atoms with Gasteiger partial charge in [-0.25, -0.2) is 0 Å². The third kappa shape index (κ3) is 1.36. The minimum atomic E-state index is 0.893. The molecule has 0 amide bonds. The molecule has 1 aromatic carbocycles. The molecule has 2 N–H and O–H groups in total. The number of nitrogens with two attached hydrogens (primary N) is 1.